The molecule has 1 amide bonds. The van der Waals surface area contributed by atoms with Crippen LogP contribution in [0.2, 0.25) is 0 Å². The molecular weight excluding hydrogens is 246 g/mol. The van der Waals surface area contributed by atoms with Gasteiger partial charge < -0.3 is 11.1 Å². The summed E-state index contributed by atoms with van der Waals surface area (Å²) in [5.74, 6) is -0.129. The van der Waals surface area contributed by atoms with Crippen LogP contribution >= 0.6 is 12.2 Å². The summed E-state index contributed by atoms with van der Waals surface area (Å²) in [5, 5.41) is 3.00. The van der Waals surface area contributed by atoms with Gasteiger partial charge in [0.25, 0.3) is 5.91 Å². The second-order valence-corrected chi connectivity index (χ2v) is 5.23. The number of hydrogen-bond acceptors (Lipinski definition) is 3. The van der Waals surface area contributed by atoms with Crippen LogP contribution in [0.1, 0.15) is 41.7 Å². The molecular formula is C13H17N3OS. The fourth-order valence-corrected chi connectivity index (χ4v) is 2.64. The number of nitrogens with zero attached hydrogens (tertiary/aromatic N) is 1. The van der Waals surface area contributed by atoms with Crippen molar-refractivity contribution in [2.45, 2.75) is 38.1 Å². The Labute approximate surface area is 112 Å². The number of carbonyl (C=O) groups is 1. The number of aromatic nitrogens is 1. The molecule has 0 unspecified atom stereocenters. The van der Waals surface area contributed by atoms with Gasteiger partial charge in [0.1, 0.15) is 0 Å². The summed E-state index contributed by atoms with van der Waals surface area (Å²) in [6, 6.07) is 3.46. The first-order valence-electron chi connectivity index (χ1n) is 6.09. The Balaban J connectivity index is 2.18. The van der Waals surface area contributed by atoms with Crippen molar-refractivity contribution in [2.24, 2.45) is 5.73 Å². The molecule has 3 N–H and O–H groups in total. The van der Waals surface area contributed by atoms with Gasteiger partial charge in [0.2, 0.25) is 0 Å². The van der Waals surface area contributed by atoms with Crippen LogP contribution in [0.3, 0.4) is 0 Å². The first-order chi connectivity index (χ1) is 8.53. The van der Waals surface area contributed by atoms with Gasteiger partial charge in [-0.05, 0) is 31.9 Å². The van der Waals surface area contributed by atoms with Gasteiger partial charge >= 0.3 is 0 Å². The van der Waals surface area contributed by atoms with Gasteiger partial charge in [-0.15, -0.1) is 0 Å². The Morgan fingerprint density at radius 3 is 2.72 bits per heavy atom. The van der Waals surface area contributed by atoms with E-state index in [0.717, 1.165) is 31.4 Å². The maximum absolute atomic E-state index is 12.2. The van der Waals surface area contributed by atoms with Gasteiger partial charge in [-0.1, -0.05) is 25.1 Å². The zero-order chi connectivity index (χ0) is 13.2. The van der Waals surface area contributed by atoms with Crippen molar-refractivity contribution in [3.8, 4) is 0 Å². The number of thiocarbonyl (C=S) groups is 1. The number of aryl methyl sites for hydroxylation is 1. The molecule has 1 heterocycles. The lowest BCUT2D eigenvalue weighted by molar-refractivity contribution is 0.0924. The fraction of sp³-hybridized carbons (Fsp3) is 0.462. The predicted molar refractivity (Wildman–Crippen MR) is 74.4 cm³/mol. The van der Waals surface area contributed by atoms with Crippen LogP contribution in [0.25, 0.3) is 0 Å². The zero-order valence-electron chi connectivity index (χ0n) is 10.4. The SMILES string of the molecule is Cc1cc(C(=O)NC2(C(N)=S)CCCC2)ccn1. The number of rotatable bonds is 3. The highest BCUT2D eigenvalue weighted by atomic mass is 32.1. The molecule has 2 rings (SSSR count). The smallest absolute Gasteiger partial charge is 0.252 e. The fourth-order valence-electron chi connectivity index (χ4n) is 2.39. The van der Waals surface area contributed by atoms with Crippen molar-refractivity contribution >= 4 is 23.1 Å². The quantitative estimate of drug-likeness (QED) is 0.815. The third-order valence-electron chi connectivity index (χ3n) is 3.44. The van der Waals surface area contributed by atoms with Crippen molar-refractivity contribution in [3.05, 3.63) is 29.6 Å². The monoisotopic (exact) mass is 263 g/mol. The number of nitrogens with two attached hydrogens (primary N) is 1. The Morgan fingerprint density at radius 1 is 1.50 bits per heavy atom. The second kappa shape index (κ2) is 5.02. The number of amides is 1. The molecule has 0 bridgehead atoms. The van der Waals surface area contributed by atoms with E-state index in [0.29, 0.717) is 10.6 Å². The van der Waals surface area contributed by atoms with E-state index in [2.05, 4.69) is 10.3 Å². The molecule has 1 aromatic rings. The van der Waals surface area contributed by atoms with E-state index in [1.54, 1.807) is 18.3 Å². The minimum atomic E-state index is -0.496. The van der Waals surface area contributed by atoms with Gasteiger partial charge in [-0.2, -0.15) is 0 Å². The first-order valence-corrected chi connectivity index (χ1v) is 6.49. The topological polar surface area (TPSA) is 68.0 Å². The molecule has 0 aromatic carbocycles. The Morgan fingerprint density at radius 2 is 2.17 bits per heavy atom. The summed E-state index contributed by atoms with van der Waals surface area (Å²) < 4.78 is 0. The number of carbonyl (C=O) groups excluding carboxylic acids is 1. The van der Waals surface area contributed by atoms with E-state index in [4.69, 9.17) is 18.0 Å². The van der Waals surface area contributed by atoms with E-state index >= 15 is 0 Å². The Hall–Kier alpha value is -1.49. The van der Waals surface area contributed by atoms with Crippen LogP contribution in [0.15, 0.2) is 18.3 Å². The average Bonchev–Trinajstić information content (AvgIpc) is 2.79. The van der Waals surface area contributed by atoms with Crippen molar-refractivity contribution < 1.29 is 4.79 Å². The molecule has 0 aliphatic heterocycles. The van der Waals surface area contributed by atoms with E-state index in [1.165, 1.54) is 0 Å². The largest absolute Gasteiger partial charge is 0.391 e. The van der Waals surface area contributed by atoms with Crippen molar-refractivity contribution in [1.82, 2.24) is 10.3 Å². The van der Waals surface area contributed by atoms with Crippen LogP contribution in [-0.2, 0) is 0 Å². The molecule has 1 saturated carbocycles. The summed E-state index contributed by atoms with van der Waals surface area (Å²) in [4.78, 5) is 16.7. The van der Waals surface area contributed by atoms with Crippen LogP contribution in [0.5, 0.6) is 0 Å². The summed E-state index contributed by atoms with van der Waals surface area (Å²) in [5.41, 5.74) is 6.72. The number of hydrogen-bond donors (Lipinski definition) is 2. The molecule has 1 aromatic heterocycles. The van der Waals surface area contributed by atoms with Crippen LogP contribution in [0.4, 0.5) is 0 Å². The number of nitrogens with one attached hydrogen (secondary N) is 1. The molecule has 0 radical (unpaired) electrons. The van der Waals surface area contributed by atoms with Gasteiger partial charge in [-0.3, -0.25) is 9.78 Å². The summed E-state index contributed by atoms with van der Waals surface area (Å²) in [6.45, 7) is 1.86. The average molecular weight is 263 g/mol. The van der Waals surface area contributed by atoms with E-state index < -0.39 is 5.54 Å². The third kappa shape index (κ3) is 2.51. The third-order valence-corrected chi connectivity index (χ3v) is 3.83. The van der Waals surface area contributed by atoms with Crippen LogP contribution < -0.4 is 11.1 Å². The molecule has 1 fully saturated rings. The lowest BCUT2D eigenvalue weighted by Gasteiger charge is -2.29. The maximum Gasteiger partial charge on any atom is 0.252 e. The second-order valence-electron chi connectivity index (χ2n) is 4.79. The zero-order valence-corrected chi connectivity index (χ0v) is 11.2. The van der Waals surface area contributed by atoms with Gasteiger partial charge in [0.05, 0.1) is 10.5 Å². The molecule has 1 aliphatic carbocycles. The molecule has 0 spiro atoms. The molecule has 1 aliphatic rings. The summed E-state index contributed by atoms with van der Waals surface area (Å²) in [6.07, 6.45) is 5.39. The van der Waals surface area contributed by atoms with Gasteiger partial charge in [0, 0.05) is 17.5 Å². The lowest BCUT2D eigenvalue weighted by Crippen LogP contribution is -2.54. The molecule has 5 heteroatoms. The van der Waals surface area contributed by atoms with E-state index in [1.807, 2.05) is 6.92 Å². The summed E-state index contributed by atoms with van der Waals surface area (Å²) in [7, 11) is 0. The highest BCUT2D eigenvalue weighted by molar-refractivity contribution is 7.80. The highest BCUT2D eigenvalue weighted by Gasteiger charge is 2.38. The normalized spacial score (nSPS) is 17.4. The maximum atomic E-state index is 12.2. The van der Waals surface area contributed by atoms with Crippen LogP contribution in [0, 0.1) is 6.92 Å². The van der Waals surface area contributed by atoms with E-state index in [-0.39, 0.29) is 5.91 Å². The van der Waals surface area contributed by atoms with E-state index in [9.17, 15) is 4.79 Å². The standard InChI is InChI=1S/C13H17N3OS/c1-9-8-10(4-7-15-9)11(17)16-13(12(14)18)5-2-3-6-13/h4,7-8H,2-3,5-6H2,1H3,(H2,14,18)(H,16,17). The molecule has 0 atom stereocenters. The van der Waals surface area contributed by atoms with Gasteiger partial charge in [0.15, 0.2) is 0 Å². The minimum Gasteiger partial charge on any atom is -0.391 e. The summed E-state index contributed by atoms with van der Waals surface area (Å²) >= 11 is 5.11. The minimum absolute atomic E-state index is 0.129. The van der Waals surface area contributed by atoms with Crippen molar-refractivity contribution in [2.75, 3.05) is 0 Å². The van der Waals surface area contributed by atoms with Crippen LogP contribution in [-0.4, -0.2) is 21.4 Å². The lowest BCUT2D eigenvalue weighted by atomic mass is 9.97. The Bertz CT molecular complexity index is 481. The molecule has 96 valence electrons. The van der Waals surface area contributed by atoms with Crippen molar-refractivity contribution in [3.63, 3.8) is 0 Å². The first kappa shape index (κ1) is 13.0. The number of pyridine rings is 1. The molecule has 0 saturated heterocycles. The van der Waals surface area contributed by atoms with Crippen molar-refractivity contribution in [1.29, 1.82) is 0 Å². The highest BCUT2D eigenvalue weighted by Crippen LogP contribution is 2.30. The van der Waals surface area contributed by atoms with Gasteiger partial charge in [-0.25, -0.2) is 0 Å². The molecule has 18 heavy (non-hydrogen) atoms. The molecule has 4 nitrogen and oxygen atoms in total. The predicted octanol–water partition coefficient (Wildman–Crippen LogP) is 1.72. The Kier molecular flexibility index (Phi) is 3.61.